The van der Waals surface area contributed by atoms with Crippen LogP contribution in [0.2, 0.25) is 0 Å². The van der Waals surface area contributed by atoms with Gasteiger partial charge in [0.25, 0.3) is 0 Å². The number of hydrogen-bond acceptors (Lipinski definition) is 4. The number of carbonyl (C=O) groups is 1. The minimum atomic E-state index is -0.0150. The number of amides is 1. The van der Waals surface area contributed by atoms with Crippen LogP contribution in [0.25, 0.3) is 0 Å². The van der Waals surface area contributed by atoms with Crippen molar-refractivity contribution in [2.45, 2.75) is 13.0 Å². The minimum Gasteiger partial charge on any atom is -0.496 e. The monoisotopic (exact) mass is 299 g/mol. The lowest BCUT2D eigenvalue weighted by molar-refractivity contribution is -0.120. The number of para-hydroxylation sites is 1. The SMILES string of the molecule is COc1ccccc1CCNC(=O)CNCc1cccnc1. The Kier molecular flexibility index (Phi) is 6.39. The molecule has 0 unspecified atom stereocenters. The van der Waals surface area contributed by atoms with E-state index in [2.05, 4.69) is 15.6 Å². The maximum atomic E-state index is 11.8. The summed E-state index contributed by atoms with van der Waals surface area (Å²) in [6.07, 6.45) is 4.26. The summed E-state index contributed by atoms with van der Waals surface area (Å²) in [5, 5.41) is 5.99. The molecule has 116 valence electrons. The number of ether oxygens (including phenoxy) is 1. The third-order valence-corrected chi connectivity index (χ3v) is 3.25. The largest absolute Gasteiger partial charge is 0.496 e. The van der Waals surface area contributed by atoms with Gasteiger partial charge >= 0.3 is 0 Å². The normalized spacial score (nSPS) is 10.2. The first-order valence-corrected chi connectivity index (χ1v) is 7.28. The molecule has 22 heavy (non-hydrogen) atoms. The number of nitrogens with zero attached hydrogens (tertiary/aromatic N) is 1. The summed E-state index contributed by atoms with van der Waals surface area (Å²) in [6.45, 7) is 1.52. The van der Waals surface area contributed by atoms with Crippen molar-refractivity contribution in [1.82, 2.24) is 15.6 Å². The molecule has 0 spiro atoms. The third kappa shape index (κ3) is 5.18. The Morgan fingerprint density at radius 3 is 2.86 bits per heavy atom. The standard InChI is InChI=1S/C17H21N3O2/c1-22-16-7-3-2-6-15(16)8-10-20-17(21)13-19-12-14-5-4-9-18-11-14/h2-7,9,11,19H,8,10,12-13H2,1H3,(H,20,21). The summed E-state index contributed by atoms with van der Waals surface area (Å²) in [5.74, 6) is 0.838. The van der Waals surface area contributed by atoms with Gasteiger partial charge in [-0.2, -0.15) is 0 Å². The third-order valence-electron chi connectivity index (χ3n) is 3.25. The van der Waals surface area contributed by atoms with Gasteiger partial charge in [-0.05, 0) is 29.7 Å². The van der Waals surface area contributed by atoms with Crippen molar-refractivity contribution in [3.8, 4) is 5.75 Å². The molecule has 5 nitrogen and oxygen atoms in total. The molecule has 1 heterocycles. The highest BCUT2D eigenvalue weighted by atomic mass is 16.5. The van der Waals surface area contributed by atoms with E-state index in [1.54, 1.807) is 19.5 Å². The lowest BCUT2D eigenvalue weighted by atomic mass is 10.1. The number of pyridine rings is 1. The van der Waals surface area contributed by atoms with Crippen LogP contribution in [0.1, 0.15) is 11.1 Å². The van der Waals surface area contributed by atoms with Gasteiger partial charge < -0.3 is 15.4 Å². The molecule has 1 amide bonds. The lowest BCUT2D eigenvalue weighted by Gasteiger charge is -2.09. The smallest absolute Gasteiger partial charge is 0.233 e. The highest BCUT2D eigenvalue weighted by molar-refractivity contribution is 5.77. The zero-order chi connectivity index (χ0) is 15.6. The maximum Gasteiger partial charge on any atom is 0.233 e. The Morgan fingerprint density at radius 2 is 2.09 bits per heavy atom. The topological polar surface area (TPSA) is 63.2 Å². The molecule has 0 atom stereocenters. The van der Waals surface area contributed by atoms with Crippen molar-refractivity contribution >= 4 is 5.91 Å². The van der Waals surface area contributed by atoms with E-state index >= 15 is 0 Å². The molecular weight excluding hydrogens is 278 g/mol. The summed E-state index contributed by atoms with van der Waals surface area (Å²) in [4.78, 5) is 15.8. The van der Waals surface area contributed by atoms with Gasteiger partial charge in [0.2, 0.25) is 5.91 Å². The summed E-state index contributed by atoms with van der Waals surface area (Å²) in [5.41, 5.74) is 2.15. The van der Waals surface area contributed by atoms with Crippen LogP contribution in [0.4, 0.5) is 0 Å². The Hall–Kier alpha value is -2.40. The van der Waals surface area contributed by atoms with Gasteiger partial charge in [0.1, 0.15) is 5.75 Å². The fraction of sp³-hybridized carbons (Fsp3) is 0.294. The quantitative estimate of drug-likeness (QED) is 0.776. The van der Waals surface area contributed by atoms with E-state index in [-0.39, 0.29) is 5.91 Å². The molecule has 0 radical (unpaired) electrons. The first kappa shape index (κ1) is 16.0. The second-order valence-electron chi connectivity index (χ2n) is 4.88. The van der Waals surface area contributed by atoms with E-state index in [9.17, 15) is 4.79 Å². The molecule has 0 bridgehead atoms. The molecule has 1 aromatic heterocycles. The van der Waals surface area contributed by atoms with Crippen LogP contribution >= 0.6 is 0 Å². The number of aromatic nitrogens is 1. The van der Waals surface area contributed by atoms with Gasteiger partial charge in [0.05, 0.1) is 13.7 Å². The van der Waals surface area contributed by atoms with Gasteiger partial charge in [-0.15, -0.1) is 0 Å². The molecule has 0 saturated heterocycles. The van der Waals surface area contributed by atoms with E-state index in [0.29, 0.717) is 19.6 Å². The van der Waals surface area contributed by atoms with Gasteiger partial charge in [0, 0.05) is 25.5 Å². The Balaban J connectivity index is 1.65. The van der Waals surface area contributed by atoms with Crippen molar-refractivity contribution in [2.24, 2.45) is 0 Å². The van der Waals surface area contributed by atoms with Crippen molar-refractivity contribution in [2.75, 3.05) is 20.2 Å². The summed E-state index contributed by atoms with van der Waals surface area (Å²) >= 11 is 0. The van der Waals surface area contributed by atoms with E-state index in [4.69, 9.17) is 4.74 Å². The van der Waals surface area contributed by atoms with Crippen LogP contribution in [-0.2, 0) is 17.8 Å². The average Bonchev–Trinajstić information content (AvgIpc) is 2.56. The number of carbonyl (C=O) groups excluding carboxylic acids is 1. The molecule has 1 aromatic carbocycles. The number of methoxy groups -OCH3 is 1. The molecule has 2 rings (SSSR count). The van der Waals surface area contributed by atoms with E-state index in [1.807, 2.05) is 36.4 Å². The van der Waals surface area contributed by atoms with E-state index < -0.39 is 0 Å². The Labute approximate surface area is 130 Å². The van der Waals surface area contributed by atoms with Crippen molar-refractivity contribution in [3.05, 3.63) is 59.9 Å². The second kappa shape index (κ2) is 8.79. The molecule has 0 aliphatic heterocycles. The zero-order valence-corrected chi connectivity index (χ0v) is 12.7. The second-order valence-corrected chi connectivity index (χ2v) is 4.88. The van der Waals surface area contributed by atoms with Gasteiger partial charge in [-0.1, -0.05) is 24.3 Å². The van der Waals surface area contributed by atoms with Gasteiger partial charge in [-0.3, -0.25) is 9.78 Å². The molecule has 2 N–H and O–H groups in total. The summed E-state index contributed by atoms with van der Waals surface area (Å²) in [7, 11) is 1.65. The first-order chi connectivity index (χ1) is 10.8. The predicted molar refractivity (Wildman–Crippen MR) is 85.7 cm³/mol. The molecule has 2 aromatic rings. The Morgan fingerprint density at radius 1 is 1.23 bits per heavy atom. The van der Waals surface area contributed by atoms with Gasteiger partial charge in [0.15, 0.2) is 0 Å². The zero-order valence-electron chi connectivity index (χ0n) is 12.7. The average molecular weight is 299 g/mol. The number of rotatable bonds is 8. The Bertz CT molecular complexity index is 587. The van der Waals surface area contributed by atoms with Crippen molar-refractivity contribution in [1.29, 1.82) is 0 Å². The lowest BCUT2D eigenvalue weighted by Crippen LogP contribution is -2.34. The molecular formula is C17H21N3O2. The predicted octanol–water partition coefficient (Wildman–Crippen LogP) is 1.54. The molecule has 0 aliphatic rings. The van der Waals surface area contributed by atoms with Crippen molar-refractivity contribution < 1.29 is 9.53 Å². The van der Waals surface area contributed by atoms with Crippen LogP contribution in [0, 0.1) is 0 Å². The fourth-order valence-electron chi connectivity index (χ4n) is 2.13. The molecule has 5 heteroatoms. The number of hydrogen-bond donors (Lipinski definition) is 2. The van der Waals surface area contributed by atoms with Crippen LogP contribution in [0.3, 0.4) is 0 Å². The highest BCUT2D eigenvalue weighted by Crippen LogP contribution is 2.17. The van der Waals surface area contributed by atoms with Crippen LogP contribution in [0.15, 0.2) is 48.8 Å². The molecule has 0 saturated carbocycles. The maximum absolute atomic E-state index is 11.8. The summed E-state index contributed by atoms with van der Waals surface area (Å²) in [6, 6.07) is 11.7. The van der Waals surface area contributed by atoms with Crippen LogP contribution in [-0.4, -0.2) is 31.1 Å². The van der Waals surface area contributed by atoms with E-state index in [0.717, 1.165) is 23.3 Å². The molecule has 0 aliphatic carbocycles. The van der Waals surface area contributed by atoms with Gasteiger partial charge in [-0.25, -0.2) is 0 Å². The highest BCUT2D eigenvalue weighted by Gasteiger charge is 2.03. The summed E-state index contributed by atoms with van der Waals surface area (Å²) < 4.78 is 5.29. The van der Waals surface area contributed by atoms with Crippen LogP contribution in [0.5, 0.6) is 5.75 Å². The number of benzene rings is 1. The fourth-order valence-corrected chi connectivity index (χ4v) is 2.13. The number of nitrogens with one attached hydrogen (secondary N) is 2. The van der Waals surface area contributed by atoms with E-state index in [1.165, 1.54) is 0 Å². The minimum absolute atomic E-state index is 0.0150. The first-order valence-electron chi connectivity index (χ1n) is 7.28. The molecule has 0 fully saturated rings. The van der Waals surface area contributed by atoms with Crippen molar-refractivity contribution in [3.63, 3.8) is 0 Å². The van der Waals surface area contributed by atoms with Crippen LogP contribution < -0.4 is 15.4 Å².